The molecule has 3 N–H and O–H groups in total. The number of nitrogens with two attached hydrogens (primary N) is 1. The first kappa shape index (κ1) is 14.8. The van der Waals surface area contributed by atoms with Gasteiger partial charge in [-0.3, -0.25) is 4.79 Å². The van der Waals surface area contributed by atoms with Gasteiger partial charge in [-0.1, -0.05) is 0 Å². The van der Waals surface area contributed by atoms with Crippen LogP contribution in [0.3, 0.4) is 0 Å². The molecule has 1 amide bonds. The monoisotopic (exact) mass is 270 g/mol. The molecule has 0 aromatic rings. The van der Waals surface area contributed by atoms with Gasteiger partial charge in [0.25, 0.3) is 0 Å². The summed E-state index contributed by atoms with van der Waals surface area (Å²) < 4.78 is 11.2. The first-order chi connectivity index (χ1) is 9.15. The van der Waals surface area contributed by atoms with Gasteiger partial charge in [-0.2, -0.15) is 0 Å². The summed E-state index contributed by atoms with van der Waals surface area (Å²) in [4.78, 5) is 11.8. The number of rotatable bonds is 5. The molecule has 0 radical (unpaired) electrons. The molecule has 19 heavy (non-hydrogen) atoms. The lowest BCUT2D eigenvalue weighted by molar-refractivity contribution is -0.125. The highest BCUT2D eigenvalue weighted by Crippen LogP contribution is 2.20. The number of nitrogens with one attached hydrogen (secondary N) is 1. The molecular weight excluding hydrogens is 244 g/mol. The lowest BCUT2D eigenvalue weighted by Crippen LogP contribution is -2.35. The van der Waals surface area contributed by atoms with E-state index in [2.05, 4.69) is 5.32 Å². The molecule has 1 heterocycles. The van der Waals surface area contributed by atoms with Gasteiger partial charge in [0, 0.05) is 12.6 Å². The Morgan fingerprint density at radius 2 is 2.11 bits per heavy atom. The first-order valence-corrected chi connectivity index (χ1v) is 7.41. The van der Waals surface area contributed by atoms with E-state index in [-0.39, 0.29) is 17.9 Å². The van der Waals surface area contributed by atoms with E-state index in [0.717, 1.165) is 32.1 Å². The molecule has 1 aliphatic carbocycles. The zero-order valence-corrected chi connectivity index (χ0v) is 11.8. The van der Waals surface area contributed by atoms with Gasteiger partial charge in [0.1, 0.15) is 0 Å². The predicted molar refractivity (Wildman–Crippen MR) is 72.7 cm³/mol. The zero-order valence-electron chi connectivity index (χ0n) is 11.8. The van der Waals surface area contributed by atoms with E-state index in [0.29, 0.717) is 31.9 Å². The van der Waals surface area contributed by atoms with Gasteiger partial charge < -0.3 is 20.5 Å². The minimum absolute atomic E-state index is 0.0164. The molecule has 5 nitrogen and oxygen atoms in total. The summed E-state index contributed by atoms with van der Waals surface area (Å²) in [7, 11) is 0. The molecule has 2 fully saturated rings. The fraction of sp³-hybridized carbons (Fsp3) is 0.929. The van der Waals surface area contributed by atoms with Crippen molar-refractivity contribution >= 4 is 5.91 Å². The molecule has 2 atom stereocenters. The molecule has 2 aliphatic rings. The van der Waals surface area contributed by atoms with Gasteiger partial charge in [0.15, 0.2) is 0 Å². The van der Waals surface area contributed by atoms with Crippen LogP contribution in [0.2, 0.25) is 0 Å². The third-order valence-electron chi connectivity index (χ3n) is 4.04. The first-order valence-electron chi connectivity index (χ1n) is 7.41. The largest absolute Gasteiger partial charge is 0.378 e. The van der Waals surface area contributed by atoms with Crippen molar-refractivity contribution in [2.24, 2.45) is 11.7 Å². The van der Waals surface area contributed by atoms with Crippen LogP contribution in [0.4, 0.5) is 0 Å². The summed E-state index contributed by atoms with van der Waals surface area (Å²) in [5.41, 5.74) is 5.85. The third kappa shape index (κ3) is 4.75. The van der Waals surface area contributed by atoms with E-state index in [1.807, 2.05) is 6.92 Å². The molecule has 5 heteroatoms. The summed E-state index contributed by atoms with van der Waals surface area (Å²) in [6, 6.07) is 0.351. The molecule has 0 aromatic carbocycles. The maximum Gasteiger partial charge on any atom is 0.225 e. The van der Waals surface area contributed by atoms with Crippen LogP contribution in [0.25, 0.3) is 0 Å². The Labute approximate surface area is 115 Å². The summed E-state index contributed by atoms with van der Waals surface area (Å²) in [6.45, 7) is 3.74. The van der Waals surface area contributed by atoms with Gasteiger partial charge in [0.2, 0.25) is 5.91 Å². The van der Waals surface area contributed by atoms with Crippen LogP contribution in [-0.4, -0.2) is 43.9 Å². The Morgan fingerprint density at radius 3 is 2.74 bits per heavy atom. The molecule has 0 spiro atoms. The molecule has 1 saturated heterocycles. The Kier molecular flexibility index (Phi) is 5.60. The number of carbonyl (C=O) groups excluding carboxylic acids is 1. The Hall–Kier alpha value is -0.650. The molecule has 1 saturated carbocycles. The van der Waals surface area contributed by atoms with Crippen LogP contribution in [-0.2, 0) is 14.3 Å². The standard InChI is InChI=1S/C14H26N2O3/c1-10-8-11(9-19-10)14(17)16-6-7-18-13-4-2-12(15)3-5-13/h10-13H,2-9,15H2,1H3,(H,16,17). The smallest absolute Gasteiger partial charge is 0.225 e. The van der Waals surface area contributed by atoms with E-state index in [1.165, 1.54) is 0 Å². The van der Waals surface area contributed by atoms with Crippen molar-refractivity contribution in [3.05, 3.63) is 0 Å². The number of ether oxygens (including phenoxy) is 2. The fourth-order valence-corrected chi connectivity index (χ4v) is 2.80. The average Bonchev–Trinajstić information content (AvgIpc) is 2.83. The van der Waals surface area contributed by atoms with Crippen molar-refractivity contribution in [1.82, 2.24) is 5.32 Å². The van der Waals surface area contributed by atoms with E-state index < -0.39 is 0 Å². The summed E-state index contributed by atoms with van der Waals surface area (Å²) in [5, 5.41) is 2.92. The van der Waals surface area contributed by atoms with Crippen LogP contribution >= 0.6 is 0 Å². The second-order valence-electron chi connectivity index (χ2n) is 5.78. The van der Waals surface area contributed by atoms with Gasteiger partial charge >= 0.3 is 0 Å². The number of hydrogen-bond donors (Lipinski definition) is 2. The van der Waals surface area contributed by atoms with E-state index in [1.54, 1.807) is 0 Å². The van der Waals surface area contributed by atoms with Crippen LogP contribution in [0.15, 0.2) is 0 Å². The lowest BCUT2D eigenvalue weighted by Gasteiger charge is -2.26. The minimum atomic E-state index is 0.0164. The summed E-state index contributed by atoms with van der Waals surface area (Å²) >= 11 is 0. The molecule has 0 aromatic heterocycles. The number of carbonyl (C=O) groups is 1. The van der Waals surface area contributed by atoms with Crippen molar-refractivity contribution in [3.8, 4) is 0 Å². The summed E-state index contributed by atoms with van der Waals surface area (Å²) in [5.74, 6) is 0.112. The third-order valence-corrected chi connectivity index (χ3v) is 4.04. The second kappa shape index (κ2) is 7.22. The molecule has 1 aliphatic heterocycles. The van der Waals surface area contributed by atoms with Gasteiger partial charge in [-0.05, 0) is 39.0 Å². The number of amides is 1. The molecule has 0 bridgehead atoms. The van der Waals surface area contributed by atoms with Crippen molar-refractivity contribution in [2.75, 3.05) is 19.8 Å². The quantitative estimate of drug-likeness (QED) is 0.725. The van der Waals surface area contributed by atoms with E-state index in [9.17, 15) is 4.79 Å². The maximum absolute atomic E-state index is 11.8. The Morgan fingerprint density at radius 1 is 1.37 bits per heavy atom. The normalized spacial score (nSPS) is 35.3. The van der Waals surface area contributed by atoms with E-state index >= 15 is 0 Å². The van der Waals surface area contributed by atoms with Gasteiger partial charge in [-0.25, -0.2) is 0 Å². The highest BCUT2D eigenvalue weighted by atomic mass is 16.5. The van der Waals surface area contributed by atoms with Gasteiger partial charge in [-0.15, -0.1) is 0 Å². The SMILES string of the molecule is CC1CC(C(=O)NCCOC2CCC(N)CC2)CO1. The van der Waals surface area contributed by atoms with E-state index in [4.69, 9.17) is 15.2 Å². The highest BCUT2D eigenvalue weighted by Gasteiger charge is 2.27. The highest BCUT2D eigenvalue weighted by molar-refractivity contribution is 5.79. The molecule has 2 rings (SSSR count). The van der Waals surface area contributed by atoms with Gasteiger partial charge in [0.05, 0.1) is 31.3 Å². The topological polar surface area (TPSA) is 73.6 Å². The molecule has 2 unspecified atom stereocenters. The number of hydrogen-bond acceptors (Lipinski definition) is 4. The fourth-order valence-electron chi connectivity index (χ4n) is 2.80. The molecular formula is C14H26N2O3. The van der Waals surface area contributed by atoms with Crippen LogP contribution in [0, 0.1) is 5.92 Å². The van der Waals surface area contributed by atoms with Crippen LogP contribution in [0.5, 0.6) is 0 Å². The Balaban J connectivity index is 1.53. The van der Waals surface area contributed by atoms with Crippen molar-refractivity contribution in [3.63, 3.8) is 0 Å². The maximum atomic E-state index is 11.8. The predicted octanol–water partition coefficient (Wildman–Crippen LogP) is 0.814. The zero-order chi connectivity index (χ0) is 13.7. The summed E-state index contributed by atoms with van der Waals surface area (Å²) in [6.07, 6.45) is 5.55. The average molecular weight is 270 g/mol. The van der Waals surface area contributed by atoms with Crippen LogP contribution < -0.4 is 11.1 Å². The van der Waals surface area contributed by atoms with Crippen molar-refractivity contribution in [1.29, 1.82) is 0 Å². The van der Waals surface area contributed by atoms with Crippen molar-refractivity contribution < 1.29 is 14.3 Å². The molecule has 110 valence electrons. The second-order valence-corrected chi connectivity index (χ2v) is 5.78. The van der Waals surface area contributed by atoms with Crippen LogP contribution in [0.1, 0.15) is 39.0 Å². The minimum Gasteiger partial charge on any atom is -0.378 e. The van der Waals surface area contributed by atoms with Crippen molar-refractivity contribution in [2.45, 2.75) is 57.3 Å². The Bertz CT molecular complexity index is 290. The lowest BCUT2D eigenvalue weighted by atomic mass is 9.94.